The average Bonchev–Trinajstić information content (AvgIpc) is 2.16. The first-order valence-electron chi connectivity index (χ1n) is 4.54. The molecule has 1 heterocycles. The maximum absolute atomic E-state index is 11.1. The quantitative estimate of drug-likeness (QED) is 0.767. The highest BCUT2D eigenvalue weighted by Gasteiger charge is 2.13. The molecule has 0 amide bonds. The first kappa shape index (κ1) is 10.7. The van der Waals surface area contributed by atoms with E-state index in [1.54, 1.807) is 16.1 Å². The first-order chi connectivity index (χ1) is 6.33. The van der Waals surface area contributed by atoms with Crippen LogP contribution in [0.15, 0.2) is 11.1 Å². The zero-order valence-corrected chi connectivity index (χ0v) is 9.13. The van der Waals surface area contributed by atoms with Crippen molar-refractivity contribution in [1.82, 2.24) is 5.06 Å². The van der Waals surface area contributed by atoms with Crippen molar-refractivity contribution in [3.63, 3.8) is 0 Å². The van der Waals surface area contributed by atoms with Gasteiger partial charge in [0.25, 0.3) is 0 Å². The van der Waals surface area contributed by atoms with Crippen molar-refractivity contribution in [3.05, 3.63) is 11.1 Å². The predicted octanol–water partition coefficient (Wildman–Crippen LogP) is 2.23. The summed E-state index contributed by atoms with van der Waals surface area (Å²) in [7, 11) is 0. The van der Waals surface area contributed by atoms with E-state index in [0.29, 0.717) is 6.42 Å². The molecule has 0 aromatic carbocycles. The molecule has 0 aromatic rings. The van der Waals surface area contributed by atoms with Crippen LogP contribution in [0.3, 0.4) is 0 Å². The molecule has 1 saturated heterocycles. The third kappa shape index (κ3) is 4.43. The van der Waals surface area contributed by atoms with Crippen LogP contribution in [0.5, 0.6) is 0 Å². The molecular formula is C9H14BrNO2. The number of hydrogen-bond acceptors (Lipinski definition) is 3. The molecule has 1 rings (SSSR count). The van der Waals surface area contributed by atoms with E-state index in [9.17, 15) is 4.79 Å². The lowest BCUT2D eigenvalue weighted by molar-refractivity contribution is -0.193. The third-order valence-electron chi connectivity index (χ3n) is 1.92. The predicted molar refractivity (Wildman–Crippen MR) is 54.2 cm³/mol. The zero-order chi connectivity index (χ0) is 9.52. The standard InChI is InChI=1S/C9H14BrNO2/c10-6-4-5-9(12)13-11-7-2-1-3-8-11/h4,6H,1-3,5,7-8H2/b6-4+. The molecular weight excluding hydrogens is 234 g/mol. The summed E-state index contributed by atoms with van der Waals surface area (Å²) in [4.78, 5) is 17.9. The van der Waals surface area contributed by atoms with Crippen LogP contribution in [0.4, 0.5) is 0 Å². The average molecular weight is 248 g/mol. The summed E-state index contributed by atoms with van der Waals surface area (Å²) in [6, 6.07) is 0. The molecule has 1 aliphatic rings. The SMILES string of the molecule is O=C(C/C=C/Br)ON1CCCCC1. The maximum atomic E-state index is 11.1. The smallest absolute Gasteiger partial charge is 0.328 e. The van der Waals surface area contributed by atoms with Gasteiger partial charge >= 0.3 is 5.97 Å². The minimum Gasteiger partial charge on any atom is -0.368 e. The van der Waals surface area contributed by atoms with Crippen molar-refractivity contribution in [2.45, 2.75) is 25.7 Å². The summed E-state index contributed by atoms with van der Waals surface area (Å²) in [6.45, 7) is 1.76. The lowest BCUT2D eigenvalue weighted by Gasteiger charge is -2.24. The highest BCUT2D eigenvalue weighted by molar-refractivity contribution is 9.11. The minimum atomic E-state index is -0.183. The number of halogens is 1. The summed E-state index contributed by atoms with van der Waals surface area (Å²) in [5, 5.41) is 1.76. The Hall–Kier alpha value is -0.350. The molecule has 0 N–H and O–H groups in total. The second-order valence-corrected chi connectivity index (χ2v) is 3.55. The number of rotatable bonds is 3. The summed E-state index contributed by atoms with van der Waals surface area (Å²) in [6.07, 6.45) is 5.56. The Morgan fingerprint density at radius 1 is 1.38 bits per heavy atom. The fourth-order valence-electron chi connectivity index (χ4n) is 1.28. The van der Waals surface area contributed by atoms with E-state index in [4.69, 9.17) is 4.84 Å². The van der Waals surface area contributed by atoms with E-state index < -0.39 is 0 Å². The maximum Gasteiger partial charge on any atom is 0.328 e. The third-order valence-corrected chi connectivity index (χ3v) is 2.29. The van der Waals surface area contributed by atoms with E-state index >= 15 is 0 Å². The lowest BCUT2D eigenvalue weighted by atomic mass is 10.2. The molecule has 0 unspecified atom stereocenters. The van der Waals surface area contributed by atoms with E-state index in [-0.39, 0.29) is 5.97 Å². The van der Waals surface area contributed by atoms with Gasteiger partial charge in [-0.05, 0) is 17.8 Å². The molecule has 0 spiro atoms. The second kappa shape index (κ2) is 6.16. The van der Waals surface area contributed by atoms with Crippen molar-refractivity contribution in [2.75, 3.05) is 13.1 Å². The number of hydrogen-bond donors (Lipinski definition) is 0. The molecule has 0 aliphatic carbocycles. The fraction of sp³-hybridized carbons (Fsp3) is 0.667. The molecule has 1 fully saturated rings. The van der Waals surface area contributed by atoms with Crippen molar-refractivity contribution in [3.8, 4) is 0 Å². The molecule has 13 heavy (non-hydrogen) atoms. The molecule has 0 bridgehead atoms. The topological polar surface area (TPSA) is 29.5 Å². The molecule has 0 atom stereocenters. The van der Waals surface area contributed by atoms with Gasteiger partial charge in [0.15, 0.2) is 0 Å². The summed E-state index contributed by atoms with van der Waals surface area (Å²) in [5.41, 5.74) is 0. The number of nitrogens with zero attached hydrogens (tertiary/aromatic N) is 1. The normalized spacial score (nSPS) is 19.2. The Balaban J connectivity index is 2.18. The van der Waals surface area contributed by atoms with Crippen LogP contribution in [0.25, 0.3) is 0 Å². The van der Waals surface area contributed by atoms with Crippen molar-refractivity contribution in [2.24, 2.45) is 0 Å². The summed E-state index contributed by atoms with van der Waals surface area (Å²) in [5.74, 6) is -0.183. The molecule has 74 valence electrons. The number of hydroxylamine groups is 2. The van der Waals surface area contributed by atoms with E-state index in [1.807, 2.05) is 0 Å². The van der Waals surface area contributed by atoms with Crippen molar-refractivity contribution in [1.29, 1.82) is 0 Å². The van der Waals surface area contributed by atoms with E-state index in [0.717, 1.165) is 25.9 Å². The number of carbonyl (C=O) groups excluding carboxylic acids is 1. The molecule has 3 nitrogen and oxygen atoms in total. The zero-order valence-electron chi connectivity index (χ0n) is 7.54. The van der Waals surface area contributed by atoms with Gasteiger partial charge in [0, 0.05) is 13.1 Å². The molecule has 0 aromatic heterocycles. The summed E-state index contributed by atoms with van der Waals surface area (Å²) < 4.78 is 0. The number of carbonyl (C=O) groups is 1. The van der Waals surface area contributed by atoms with Gasteiger partial charge in [0.1, 0.15) is 0 Å². The molecule has 1 aliphatic heterocycles. The van der Waals surface area contributed by atoms with E-state index in [2.05, 4.69) is 15.9 Å². The van der Waals surface area contributed by atoms with Gasteiger partial charge in [0.2, 0.25) is 0 Å². The van der Waals surface area contributed by atoms with Crippen LogP contribution in [-0.2, 0) is 9.63 Å². The van der Waals surface area contributed by atoms with Crippen molar-refractivity contribution >= 4 is 21.9 Å². The van der Waals surface area contributed by atoms with Gasteiger partial charge in [-0.3, -0.25) is 4.79 Å². The van der Waals surface area contributed by atoms with Gasteiger partial charge in [0.05, 0.1) is 6.42 Å². The Labute approximate surface area is 86.8 Å². The van der Waals surface area contributed by atoms with Crippen molar-refractivity contribution < 1.29 is 9.63 Å². The Morgan fingerprint density at radius 3 is 2.69 bits per heavy atom. The monoisotopic (exact) mass is 247 g/mol. The Kier molecular flexibility index (Phi) is 5.08. The van der Waals surface area contributed by atoms with Gasteiger partial charge < -0.3 is 4.84 Å². The van der Waals surface area contributed by atoms with Gasteiger partial charge in [-0.25, -0.2) is 0 Å². The van der Waals surface area contributed by atoms with E-state index in [1.165, 1.54) is 6.42 Å². The van der Waals surface area contributed by atoms with Crippen LogP contribution < -0.4 is 0 Å². The van der Waals surface area contributed by atoms with Gasteiger partial charge in [-0.2, -0.15) is 0 Å². The van der Waals surface area contributed by atoms with Crippen LogP contribution >= 0.6 is 15.9 Å². The molecule has 0 saturated carbocycles. The van der Waals surface area contributed by atoms with Crippen LogP contribution in [-0.4, -0.2) is 24.1 Å². The lowest BCUT2D eigenvalue weighted by Crippen LogP contribution is -2.32. The highest BCUT2D eigenvalue weighted by atomic mass is 79.9. The molecule has 4 heteroatoms. The van der Waals surface area contributed by atoms with Crippen LogP contribution in [0.1, 0.15) is 25.7 Å². The van der Waals surface area contributed by atoms with Gasteiger partial charge in [-0.1, -0.05) is 28.4 Å². The highest BCUT2D eigenvalue weighted by Crippen LogP contribution is 2.09. The van der Waals surface area contributed by atoms with Gasteiger partial charge in [-0.15, -0.1) is 5.06 Å². The first-order valence-corrected chi connectivity index (χ1v) is 5.45. The molecule has 0 radical (unpaired) electrons. The number of piperidine rings is 1. The van der Waals surface area contributed by atoms with Crippen LogP contribution in [0.2, 0.25) is 0 Å². The minimum absolute atomic E-state index is 0.183. The largest absolute Gasteiger partial charge is 0.368 e. The van der Waals surface area contributed by atoms with Crippen LogP contribution in [0, 0.1) is 0 Å². The second-order valence-electron chi connectivity index (χ2n) is 3.02. The fourth-order valence-corrected chi connectivity index (χ4v) is 1.47. The Morgan fingerprint density at radius 2 is 2.08 bits per heavy atom. The Bertz CT molecular complexity index is 188. The summed E-state index contributed by atoms with van der Waals surface area (Å²) >= 11 is 3.10.